The summed E-state index contributed by atoms with van der Waals surface area (Å²) in [7, 11) is 0. The lowest BCUT2D eigenvalue weighted by Crippen LogP contribution is -2.36. The van der Waals surface area contributed by atoms with Gasteiger partial charge in [-0.15, -0.1) is 0 Å². The molecule has 4 N–H and O–H groups in total. The fraction of sp³-hybridized carbons (Fsp3) is 0.250. The van der Waals surface area contributed by atoms with Gasteiger partial charge in [0.15, 0.2) is 11.5 Å². The van der Waals surface area contributed by atoms with E-state index in [9.17, 15) is 10.1 Å². The zero-order chi connectivity index (χ0) is 20.1. The number of amides is 1. The maximum Gasteiger partial charge on any atom is 0.239 e. The maximum atomic E-state index is 11.7. The first kappa shape index (κ1) is 19.0. The molecule has 8 heteroatoms. The number of fused-ring (bicyclic) bond motifs is 1. The molecule has 142 valence electrons. The lowest BCUT2D eigenvalue weighted by Gasteiger charge is -2.18. The molecule has 1 amide bonds. The largest absolute Gasteiger partial charge is 0.368 e. The third-order valence-corrected chi connectivity index (χ3v) is 4.10. The Hall–Kier alpha value is -3.73. The van der Waals surface area contributed by atoms with E-state index in [1.807, 2.05) is 50.2 Å². The molecule has 0 fully saturated rings. The van der Waals surface area contributed by atoms with Crippen molar-refractivity contribution in [2.75, 3.05) is 10.6 Å². The second-order valence-electron chi connectivity index (χ2n) is 6.83. The van der Waals surface area contributed by atoms with Crippen LogP contribution in [0.25, 0.3) is 10.9 Å². The van der Waals surface area contributed by atoms with Crippen molar-refractivity contribution in [3.63, 3.8) is 0 Å². The molecule has 8 nitrogen and oxygen atoms in total. The van der Waals surface area contributed by atoms with Gasteiger partial charge in [0.25, 0.3) is 0 Å². The summed E-state index contributed by atoms with van der Waals surface area (Å²) >= 11 is 0. The maximum absolute atomic E-state index is 11.7. The number of hydrogen-bond acceptors (Lipinski definition) is 7. The van der Waals surface area contributed by atoms with Crippen molar-refractivity contribution < 1.29 is 4.79 Å². The van der Waals surface area contributed by atoms with Crippen LogP contribution < -0.4 is 16.4 Å². The van der Waals surface area contributed by atoms with Crippen LogP contribution in [0.3, 0.4) is 0 Å². The zero-order valence-corrected chi connectivity index (χ0v) is 15.7. The molecule has 1 aromatic carbocycles. The summed E-state index contributed by atoms with van der Waals surface area (Å²) in [4.78, 5) is 24.6. The van der Waals surface area contributed by atoms with Crippen LogP contribution in [0.4, 0.5) is 17.3 Å². The van der Waals surface area contributed by atoms with E-state index in [-0.39, 0.29) is 17.4 Å². The molecule has 2 heterocycles. The predicted molar refractivity (Wildman–Crippen MR) is 108 cm³/mol. The SMILES string of the molecule is CC(C)CC(Nc1cnc(C#N)c(Nc2cnc3ccccc3c2)n1)C(N)=O. The molecular formula is C20H21N7O. The van der Waals surface area contributed by atoms with Crippen molar-refractivity contribution in [1.82, 2.24) is 15.0 Å². The van der Waals surface area contributed by atoms with E-state index in [2.05, 4.69) is 25.6 Å². The molecule has 0 aliphatic rings. The Labute approximate surface area is 162 Å². The quantitative estimate of drug-likeness (QED) is 0.579. The second kappa shape index (κ2) is 8.31. The fourth-order valence-corrected chi connectivity index (χ4v) is 2.80. The molecule has 0 aliphatic heterocycles. The first-order valence-corrected chi connectivity index (χ1v) is 8.91. The van der Waals surface area contributed by atoms with E-state index in [0.717, 1.165) is 10.9 Å². The van der Waals surface area contributed by atoms with E-state index < -0.39 is 11.9 Å². The third-order valence-electron chi connectivity index (χ3n) is 4.10. The van der Waals surface area contributed by atoms with Crippen LogP contribution in [-0.4, -0.2) is 26.9 Å². The molecule has 3 aromatic rings. The summed E-state index contributed by atoms with van der Waals surface area (Å²) in [6.45, 7) is 4.00. The highest BCUT2D eigenvalue weighted by molar-refractivity contribution is 5.83. The smallest absolute Gasteiger partial charge is 0.239 e. The lowest BCUT2D eigenvalue weighted by atomic mass is 10.0. The molecule has 0 saturated carbocycles. The number of para-hydroxylation sites is 1. The normalized spacial score (nSPS) is 11.8. The molecular weight excluding hydrogens is 354 g/mol. The van der Waals surface area contributed by atoms with Crippen LogP contribution in [0.15, 0.2) is 42.7 Å². The van der Waals surface area contributed by atoms with Gasteiger partial charge in [-0.3, -0.25) is 9.78 Å². The summed E-state index contributed by atoms with van der Waals surface area (Å²) in [5, 5.41) is 16.4. The Kier molecular flexibility index (Phi) is 5.65. The Bertz CT molecular complexity index is 1040. The van der Waals surface area contributed by atoms with Crippen molar-refractivity contribution in [2.24, 2.45) is 11.7 Å². The van der Waals surface area contributed by atoms with E-state index in [4.69, 9.17) is 5.73 Å². The predicted octanol–water partition coefficient (Wildman–Crippen LogP) is 2.95. The fourth-order valence-electron chi connectivity index (χ4n) is 2.80. The van der Waals surface area contributed by atoms with E-state index in [0.29, 0.717) is 17.9 Å². The highest BCUT2D eigenvalue weighted by Gasteiger charge is 2.18. The number of carbonyl (C=O) groups excluding carboxylic acids is 1. The summed E-state index contributed by atoms with van der Waals surface area (Å²) in [6, 6.07) is 11.1. The second-order valence-corrected chi connectivity index (χ2v) is 6.83. The summed E-state index contributed by atoms with van der Waals surface area (Å²) < 4.78 is 0. The average Bonchev–Trinajstić information content (AvgIpc) is 2.67. The molecule has 28 heavy (non-hydrogen) atoms. The van der Waals surface area contributed by atoms with Crippen molar-refractivity contribution in [1.29, 1.82) is 5.26 Å². The number of nitrogens with zero attached hydrogens (tertiary/aromatic N) is 4. The molecule has 0 saturated heterocycles. The molecule has 0 spiro atoms. The third kappa shape index (κ3) is 4.51. The number of aromatic nitrogens is 3. The van der Waals surface area contributed by atoms with Crippen LogP contribution in [-0.2, 0) is 4.79 Å². The standard InChI is InChI=1S/C20H21N7O/c1-12(2)7-16(19(22)28)26-18-11-24-17(9-21)20(27-18)25-14-8-13-5-3-4-6-15(13)23-10-14/h3-6,8,10-12,16H,7H2,1-2H3,(H2,22,28)(H2,25,26,27). The van der Waals surface area contributed by atoms with Crippen LogP contribution >= 0.6 is 0 Å². The number of nitrogens with two attached hydrogens (primary N) is 1. The number of pyridine rings is 1. The molecule has 0 aliphatic carbocycles. The van der Waals surface area contributed by atoms with Gasteiger partial charge in [-0.1, -0.05) is 32.0 Å². The van der Waals surface area contributed by atoms with Gasteiger partial charge in [-0.05, 0) is 24.5 Å². The van der Waals surface area contributed by atoms with Gasteiger partial charge < -0.3 is 16.4 Å². The molecule has 1 atom stereocenters. The highest BCUT2D eigenvalue weighted by atomic mass is 16.1. The average molecular weight is 375 g/mol. The molecule has 2 aromatic heterocycles. The van der Waals surface area contributed by atoms with Gasteiger partial charge in [-0.2, -0.15) is 5.26 Å². The minimum Gasteiger partial charge on any atom is -0.368 e. The van der Waals surface area contributed by atoms with E-state index in [1.54, 1.807) is 6.20 Å². The minimum absolute atomic E-state index is 0.137. The first-order valence-electron chi connectivity index (χ1n) is 8.91. The van der Waals surface area contributed by atoms with Gasteiger partial charge in [0, 0.05) is 5.39 Å². The van der Waals surface area contributed by atoms with Gasteiger partial charge in [-0.25, -0.2) is 9.97 Å². The number of hydrogen-bond donors (Lipinski definition) is 3. The monoisotopic (exact) mass is 375 g/mol. The molecule has 0 radical (unpaired) electrons. The van der Waals surface area contributed by atoms with Gasteiger partial charge in [0.05, 0.1) is 23.6 Å². The van der Waals surface area contributed by atoms with E-state index in [1.165, 1.54) is 6.20 Å². The van der Waals surface area contributed by atoms with Crippen LogP contribution in [0.2, 0.25) is 0 Å². The number of benzene rings is 1. The van der Waals surface area contributed by atoms with Gasteiger partial charge >= 0.3 is 0 Å². The number of nitrogens with one attached hydrogen (secondary N) is 2. The van der Waals surface area contributed by atoms with Crippen molar-refractivity contribution in [3.05, 3.63) is 48.4 Å². The highest BCUT2D eigenvalue weighted by Crippen LogP contribution is 2.22. The number of anilines is 3. The van der Waals surface area contributed by atoms with Gasteiger partial charge in [0.1, 0.15) is 17.9 Å². The zero-order valence-electron chi connectivity index (χ0n) is 15.7. The van der Waals surface area contributed by atoms with Gasteiger partial charge in [0.2, 0.25) is 5.91 Å². The van der Waals surface area contributed by atoms with Crippen LogP contribution in [0, 0.1) is 17.2 Å². The summed E-state index contributed by atoms with van der Waals surface area (Å²) in [6.07, 6.45) is 3.64. The lowest BCUT2D eigenvalue weighted by molar-refractivity contribution is -0.119. The van der Waals surface area contributed by atoms with Crippen molar-refractivity contribution >= 4 is 34.1 Å². The van der Waals surface area contributed by atoms with E-state index >= 15 is 0 Å². The summed E-state index contributed by atoms with van der Waals surface area (Å²) in [5.74, 6) is 0.447. The number of rotatable bonds is 7. The van der Waals surface area contributed by atoms with Crippen molar-refractivity contribution in [3.8, 4) is 6.07 Å². The molecule has 3 rings (SSSR count). The number of carbonyl (C=O) groups is 1. The minimum atomic E-state index is -0.572. The Balaban J connectivity index is 1.88. The topological polar surface area (TPSA) is 130 Å². The Morgan fingerprint density at radius 3 is 2.75 bits per heavy atom. The molecule has 1 unspecified atom stereocenters. The molecule has 0 bridgehead atoms. The first-order chi connectivity index (χ1) is 13.5. The Morgan fingerprint density at radius 1 is 1.25 bits per heavy atom. The number of primary amides is 1. The number of nitriles is 1. The van der Waals surface area contributed by atoms with Crippen LogP contribution in [0.1, 0.15) is 26.0 Å². The summed E-state index contributed by atoms with van der Waals surface area (Å²) in [5.41, 5.74) is 7.16. The van der Waals surface area contributed by atoms with Crippen molar-refractivity contribution in [2.45, 2.75) is 26.3 Å². The van der Waals surface area contributed by atoms with Crippen LogP contribution in [0.5, 0.6) is 0 Å². The Morgan fingerprint density at radius 2 is 2.04 bits per heavy atom.